The van der Waals surface area contributed by atoms with Crippen molar-refractivity contribution in [3.63, 3.8) is 0 Å². The molecule has 6 rings (SSSR count). The van der Waals surface area contributed by atoms with E-state index in [9.17, 15) is 9.18 Å². The number of anilines is 3. The molecule has 3 aromatic carbocycles. The normalized spacial score (nSPS) is 15.2. The van der Waals surface area contributed by atoms with Crippen LogP contribution in [0.1, 0.15) is 40.0 Å². The van der Waals surface area contributed by atoms with Gasteiger partial charge in [-0.15, -0.1) is 0 Å². The molecule has 1 atom stereocenters. The Labute approximate surface area is 256 Å². The van der Waals surface area contributed by atoms with E-state index in [2.05, 4.69) is 36.6 Å². The molecule has 1 aliphatic heterocycles. The van der Waals surface area contributed by atoms with E-state index in [1.54, 1.807) is 42.9 Å². The van der Waals surface area contributed by atoms with Gasteiger partial charge in [-0.25, -0.2) is 19.3 Å². The van der Waals surface area contributed by atoms with Gasteiger partial charge in [-0.2, -0.15) is 0 Å². The van der Waals surface area contributed by atoms with Crippen molar-refractivity contribution in [2.24, 2.45) is 5.73 Å². The second kappa shape index (κ2) is 12.7. The van der Waals surface area contributed by atoms with Crippen LogP contribution in [-0.4, -0.2) is 49.5 Å². The number of hydrogen-bond donors (Lipinski definition) is 3. The van der Waals surface area contributed by atoms with Crippen molar-refractivity contribution in [1.29, 1.82) is 0 Å². The molecule has 0 bridgehead atoms. The van der Waals surface area contributed by atoms with E-state index in [1.165, 1.54) is 12.1 Å². The molecule has 1 amide bonds. The third-order valence-electron chi connectivity index (χ3n) is 7.74. The van der Waals surface area contributed by atoms with Gasteiger partial charge in [0.05, 0.1) is 17.7 Å². The number of nitrogens with two attached hydrogens (primary N) is 1. The van der Waals surface area contributed by atoms with Crippen molar-refractivity contribution in [3.05, 3.63) is 114 Å². The maximum Gasteiger partial charge on any atom is 0.255 e. The molecule has 1 fully saturated rings. The van der Waals surface area contributed by atoms with Crippen molar-refractivity contribution in [2.45, 2.75) is 39.3 Å². The summed E-state index contributed by atoms with van der Waals surface area (Å²) >= 11 is 0. The van der Waals surface area contributed by atoms with E-state index in [4.69, 9.17) is 5.73 Å². The van der Waals surface area contributed by atoms with E-state index in [0.717, 1.165) is 60.5 Å². The lowest BCUT2D eigenvalue weighted by molar-refractivity contribution is 0.102. The number of imidazole rings is 1. The minimum Gasteiger partial charge on any atom is -0.327 e. The number of piperidine rings is 1. The summed E-state index contributed by atoms with van der Waals surface area (Å²) in [5, 5.41) is 6.34. The van der Waals surface area contributed by atoms with Gasteiger partial charge in [-0.3, -0.25) is 9.69 Å². The minimum atomic E-state index is -0.307. The molecular formula is C34H35FN8O. The number of amides is 1. The molecule has 2 aromatic heterocycles. The summed E-state index contributed by atoms with van der Waals surface area (Å²) in [6.45, 7) is 6.49. The van der Waals surface area contributed by atoms with E-state index >= 15 is 0 Å². The molecule has 0 radical (unpaired) electrons. The zero-order chi connectivity index (χ0) is 30.6. The summed E-state index contributed by atoms with van der Waals surface area (Å²) in [5.41, 5.74) is 13.4. The molecule has 224 valence electrons. The average Bonchev–Trinajstić information content (AvgIpc) is 3.45. The number of nitrogens with zero attached hydrogens (tertiary/aromatic N) is 5. The topological polar surface area (TPSA) is 114 Å². The summed E-state index contributed by atoms with van der Waals surface area (Å²) in [7, 11) is 0. The number of rotatable bonds is 8. The number of aryl methyl sites for hydroxylation is 2. The van der Waals surface area contributed by atoms with Gasteiger partial charge >= 0.3 is 0 Å². The molecule has 0 spiro atoms. The Balaban J connectivity index is 1.23. The van der Waals surface area contributed by atoms with Crippen LogP contribution < -0.4 is 16.4 Å². The van der Waals surface area contributed by atoms with E-state index in [1.807, 2.05) is 42.8 Å². The number of hydrogen-bond acceptors (Lipinski definition) is 7. The highest BCUT2D eigenvalue weighted by Crippen LogP contribution is 2.25. The summed E-state index contributed by atoms with van der Waals surface area (Å²) in [4.78, 5) is 29.2. The zero-order valence-electron chi connectivity index (χ0n) is 24.8. The summed E-state index contributed by atoms with van der Waals surface area (Å²) in [6.07, 6.45) is 7.51. The van der Waals surface area contributed by atoms with Crippen LogP contribution in [0.2, 0.25) is 0 Å². The monoisotopic (exact) mass is 590 g/mol. The van der Waals surface area contributed by atoms with Gasteiger partial charge < -0.3 is 20.9 Å². The van der Waals surface area contributed by atoms with Gasteiger partial charge in [0.25, 0.3) is 5.91 Å². The molecule has 4 N–H and O–H groups in total. The first-order valence-corrected chi connectivity index (χ1v) is 14.7. The lowest BCUT2D eigenvalue weighted by Gasteiger charge is -2.30. The molecule has 10 heteroatoms. The van der Waals surface area contributed by atoms with Crippen molar-refractivity contribution >= 4 is 23.2 Å². The Morgan fingerprint density at radius 2 is 1.89 bits per heavy atom. The molecule has 1 saturated heterocycles. The van der Waals surface area contributed by atoms with Crippen LogP contribution >= 0.6 is 0 Å². The summed E-state index contributed by atoms with van der Waals surface area (Å²) in [5.74, 6) is -0.171. The number of carbonyl (C=O) groups is 1. The summed E-state index contributed by atoms with van der Waals surface area (Å²) < 4.78 is 15.4. The van der Waals surface area contributed by atoms with Crippen LogP contribution in [-0.2, 0) is 6.54 Å². The van der Waals surface area contributed by atoms with Crippen LogP contribution in [0, 0.1) is 19.7 Å². The molecule has 0 aliphatic carbocycles. The van der Waals surface area contributed by atoms with Crippen molar-refractivity contribution in [1.82, 2.24) is 24.4 Å². The van der Waals surface area contributed by atoms with Crippen LogP contribution in [0.15, 0.2) is 85.5 Å². The maximum absolute atomic E-state index is 13.5. The van der Waals surface area contributed by atoms with Gasteiger partial charge in [0.15, 0.2) is 0 Å². The fourth-order valence-electron chi connectivity index (χ4n) is 5.46. The van der Waals surface area contributed by atoms with Crippen LogP contribution in [0.3, 0.4) is 0 Å². The first-order valence-electron chi connectivity index (χ1n) is 14.7. The second-order valence-corrected chi connectivity index (χ2v) is 11.3. The number of benzene rings is 3. The first-order chi connectivity index (χ1) is 21.3. The highest BCUT2D eigenvalue weighted by atomic mass is 19.1. The largest absolute Gasteiger partial charge is 0.327 e. The number of aromatic nitrogens is 4. The molecule has 44 heavy (non-hydrogen) atoms. The average molecular weight is 591 g/mol. The number of halogens is 1. The summed E-state index contributed by atoms with van der Waals surface area (Å²) in [6, 6.07) is 19.7. The number of likely N-dealkylation sites (tertiary alicyclic amines) is 1. The fraction of sp³-hybridized carbons (Fsp3) is 0.235. The predicted octanol–water partition coefficient (Wildman–Crippen LogP) is 6.00. The number of carbonyl (C=O) groups excluding carboxylic acids is 1. The predicted molar refractivity (Wildman–Crippen MR) is 171 cm³/mol. The highest BCUT2D eigenvalue weighted by Gasteiger charge is 2.18. The molecule has 0 saturated carbocycles. The van der Waals surface area contributed by atoms with E-state index in [-0.39, 0.29) is 17.8 Å². The standard InChI is InChI=1S/C34H35FN8O/c1-22-5-6-26(16-32(22)41-34-37-12-11-31(40-34)25-7-9-27(35)10-8-25)33(44)39-29-14-24(19-42-13-3-4-28(36)20-42)15-30(17-29)43-18-23(2)38-21-43/h5-12,14-18,21,28H,3-4,13,19-20,36H2,1-2H3,(H,39,44)(H,37,40,41). The van der Waals surface area contributed by atoms with Gasteiger partial charge in [-0.05, 0) is 105 Å². The quantitative estimate of drug-likeness (QED) is 0.203. The smallest absolute Gasteiger partial charge is 0.255 e. The Bertz CT molecular complexity index is 1780. The van der Waals surface area contributed by atoms with Gasteiger partial charge in [0.2, 0.25) is 5.95 Å². The Morgan fingerprint density at radius 1 is 1.05 bits per heavy atom. The van der Waals surface area contributed by atoms with Gasteiger partial charge in [0, 0.05) is 59.7 Å². The van der Waals surface area contributed by atoms with Crippen LogP contribution in [0.4, 0.5) is 21.7 Å². The van der Waals surface area contributed by atoms with E-state index in [0.29, 0.717) is 28.6 Å². The number of nitrogens with one attached hydrogen (secondary N) is 2. The Hall–Kier alpha value is -4.93. The van der Waals surface area contributed by atoms with Gasteiger partial charge in [0.1, 0.15) is 5.82 Å². The van der Waals surface area contributed by atoms with E-state index < -0.39 is 0 Å². The Kier molecular flexibility index (Phi) is 8.44. The third-order valence-corrected chi connectivity index (χ3v) is 7.74. The third kappa shape index (κ3) is 6.99. The zero-order valence-corrected chi connectivity index (χ0v) is 24.8. The molecule has 1 aliphatic rings. The SMILES string of the molecule is Cc1cn(-c2cc(CN3CCCC(N)C3)cc(NC(=O)c3ccc(C)c(Nc4nccc(-c5ccc(F)cc5)n4)c3)c2)cn1. The molecular weight excluding hydrogens is 555 g/mol. The molecule has 3 heterocycles. The fourth-order valence-corrected chi connectivity index (χ4v) is 5.46. The lowest BCUT2D eigenvalue weighted by Crippen LogP contribution is -2.42. The van der Waals surface area contributed by atoms with Crippen LogP contribution in [0.5, 0.6) is 0 Å². The van der Waals surface area contributed by atoms with Gasteiger partial charge in [-0.1, -0.05) is 6.07 Å². The Morgan fingerprint density at radius 3 is 2.66 bits per heavy atom. The first kappa shape index (κ1) is 29.2. The minimum absolute atomic E-state index is 0.183. The molecule has 9 nitrogen and oxygen atoms in total. The lowest BCUT2D eigenvalue weighted by atomic mass is 10.0. The second-order valence-electron chi connectivity index (χ2n) is 11.3. The van der Waals surface area contributed by atoms with Crippen LogP contribution in [0.25, 0.3) is 16.9 Å². The van der Waals surface area contributed by atoms with Crippen molar-refractivity contribution in [2.75, 3.05) is 23.7 Å². The van der Waals surface area contributed by atoms with Crippen molar-refractivity contribution in [3.8, 4) is 16.9 Å². The molecule has 5 aromatic rings. The van der Waals surface area contributed by atoms with Crippen molar-refractivity contribution < 1.29 is 9.18 Å². The molecule has 1 unspecified atom stereocenters. The maximum atomic E-state index is 13.5. The highest BCUT2D eigenvalue weighted by molar-refractivity contribution is 6.05.